The van der Waals surface area contributed by atoms with Gasteiger partial charge in [0, 0.05) is 71.2 Å². The lowest BCUT2D eigenvalue weighted by molar-refractivity contribution is 0.953. The number of para-hydroxylation sites is 4. The Labute approximate surface area is 506 Å². The molecule has 88 heavy (non-hydrogen) atoms. The quantitative estimate of drug-likeness (QED) is 0.0755. The fourth-order valence-corrected chi connectivity index (χ4v) is 13.1. The van der Waals surface area contributed by atoms with Gasteiger partial charge in [0.1, 0.15) is 5.84 Å². The first-order valence-corrected chi connectivity index (χ1v) is 29.5. The zero-order valence-electron chi connectivity index (χ0n) is 47.8. The van der Waals surface area contributed by atoms with Gasteiger partial charge in [-0.3, -0.25) is 9.13 Å². The molecular weight excluding hydrogens is 1080 g/mol. The van der Waals surface area contributed by atoms with Crippen molar-refractivity contribution < 1.29 is 0 Å². The van der Waals surface area contributed by atoms with Crippen LogP contribution in [0.25, 0.3) is 133 Å². The average molecular weight is 1130 g/mol. The Kier molecular flexibility index (Phi) is 12.3. The Morgan fingerprint density at radius 3 is 1.39 bits per heavy atom. The van der Waals surface area contributed by atoms with Gasteiger partial charge in [-0.2, -0.15) is 9.97 Å². The number of allylic oxidation sites excluding steroid dienone is 5. The van der Waals surface area contributed by atoms with Crippen molar-refractivity contribution in [3.05, 3.63) is 297 Å². The lowest BCUT2D eigenvalue weighted by Gasteiger charge is -2.15. The standard InChI is InChI=1S/C77H55N11/c1-3-63(66(48(2)49-26-10-4-11-27-49)81-73(78)50-28-12-5-13-29-50)80-76(79)87-64-40-24-22-38-55(64)57-42-44-61-59-46-47-60-62-45-43-58-56-39-23-25-41-65(56)88(77-83-74(51-30-14-6-15-31-51)82-75(84-77)52-32-16-7-17-33-52)72(58)70(62)86(54-36-20-9-21-37-54)68(60)67(59)85(69(61)71(57)87)53-34-18-8-19-35-53/h3-12,14-28,30-47H,1-2,13,29H2,(H2,78,81)(H2,79,80)/b66-63+. The van der Waals surface area contributed by atoms with Crippen LogP contribution in [-0.2, 0) is 0 Å². The number of aliphatic imine (C=N–C) groups is 2. The SMILES string of the molecule is C=CC(/N=C(\N)n1c2ccccc2c2ccc3c4ccc5c6ccc7c8ccccc8n(-c8nc(-c9ccccc9)nc(-c9ccccc9)n8)c7c6n(-c6ccccc6)c5c4n(-c4ccccc4)c3c21)=C(\N=C(/N)C1=CC=CCC1)C(=C)c1ccccc1. The summed E-state index contributed by atoms with van der Waals surface area (Å²) in [5, 5.41) is 8.38. The molecule has 418 valence electrons. The van der Waals surface area contributed by atoms with E-state index in [9.17, 15) is 0 Å². The van der Waals surface area contributed by atoms with E-state index in [0.717, 1.165) is 134 Å². The van der Waals surface area contributed by atoms with Crippen LogP contribution in [0.4, 0.5) is 0 Å². The summed E-state index contributed by atoms with van der Waals surface area (Å²) in [5.41, 5.74) is 29.2. The number of hydrogen-bond donors (Lipinski definition) is 2. The minimum Gasteiger partial charge on any atom is -0.383 e. The van der Waals surface area contributed by atoms with E-state index in [-0.39, 0.29) is 5.96 Å². The maximum absolute atomic E-state index is 7.62. The van der Waals surface area contributed by atoms with Crippen LogP contribution in [0.3, 0.4) is 0 Å². The van der Waals surface area contributed by atoms with E-state index in [4.69, 9.17) is 36.4 Å². The van der Waals surface area contributed by atoms with Crippen LogP contribution >= 0.6 is 0 Å². The number of aromatic nitrogens is 7. The van der Waals surface area contributed by atoms with E-state index in [1.807, 2.05) is 109 Å². The van der Waals surface area contributed by atoms with Gasteiger partial charge in [0.15, 0.2) is 11.6 Å². The summed E-state index contributed by atoms with van der Waals surface area (Å²) in [5.74, 6) is 2.26. The highest BCUT2D eigenvalue weighted by molar-refractivity contribution is 6.32. The third-order valence-electron chi connectivity index (χ3n) is 17.0. The second kappa shape index (κ2) is 21.0. The first-order chi connectivity index (χ1) is 43.4. The number of fused-ring (bicyclic) bond motifs is 15. The maximum Gasteiger partial charge on any atom is 0.238 e. The molecule has 0 spiro atoms. The number of amidine groups is 1. The smallest absolute Gasteiger partial charge is 0.238 e. The van der Waals surface area contributed by atoms with Crippen molar-refractivity contribution in [1.82, 2.24) is 33.2 Å². The van der Waals surface area contributed by atoms with Gasteiger partial charge in [-0.1, -0.05) is 232 Å². The van der Waals surface area contributed by atoms with Crippen molar-refractivity contribution in [1.29, 1.82) is 0 Å². The summed E-state index contributed by atoms with van der Waals surface area (Å²) in [7, 11) is 0. The highest BCUT2D eigenvalue weighted by Gasteiger charge is 2.29. The predicted molar refractivity (Wildman–Crippen MR) is 365 cm³/mol. The molecule has 15 aromatic rings. The maximum atomic E-state index is 7.62. The Balaban J connectivity index is 1.04. The van der Waals surface area contributed by atoms with Crippen LogP contribution in [-0.4, -0.2) is 45.0 Å². The molecule has 0 fully saturated rings. The van der Waals surface area contributed by atoms with Crippen molar-refractivity contribution in [2.24, 2.45) is 21.5 Å². The molecule has 11 heteroatoms. The number of benzene rings is 10. The number of nitrogens with two attached hydrogens (primary N) is 2. The van der Waals surface area contributed by atoms with Gasteiger partial charge in [-0.25, -0.2) is 15.0 Å². The van der Waals surface area contributed by atoms with E-state index >= 15 is 0 Å². The first kappa shape index (κ1) is 51.7. The fourth-order valence-electron chi connectivity index (χ4n) is 13.1. The molecule has 1 aliphatic rings. The average Bonchev–Trinajstić information content (AvgIpc) is 1.53. The van der Waals surface area contributed by atoms with Crippen LogP contribution in [0.5, 0.6) is 0 Å². The second-order valence-electron chi connectivity index (χ2n) is 22.0. The molecule has 5 heterocycles. The lowest BCUT2D eigenvalue weighted by atomic mass is 10.0. The number of nitrogens with zero attached hydrogens (tertiary/aromatic N) is 9. The molecule has 4 N–H and O–H groups in total. The lowest BCUT2D eigenvalue weighted by Crippen LogP contribution is -2.23. The molecule has 5 aromatic heterocycles. The van der Waals surface area contributed by atoms with E-state index in [2.05, 4.69) is 177 Å². The van der Waals surface area contributed by atoms with Crippen LogP contribution in [0, 0.1) is 0 Å². The number of rotatable bonds is 11. The van der Waals surface area contributed by atoms with Crippen LogP contribution < -0.4 is 11.5 Å². The Morgan fingerprint density at radius 1 is 0.443 bits per heavy atom. The van der Waals surface area contributed by atoms with Crippen LogP contribution in [0.1, 0.15) is 18.4 Å². The molecular formula is C77H55N11. The molecule has 16 rings (SSSR count). The molecule has 0 bridgehead atoms. The normalized spacial score (nSPS) is 13.4. The van der Waals surface area contributed by atoms with Crippen molar-refractivity contribution in [2.45, 2.75) is 12.8 Å². The summed E-state index contributed by atoms with van der Waals surface area (Å²) < 4.78 is 9.22. The number of hydrogen-bond acceptors (Lipinski definition) is 5. The molecule has 0 atom stereocenters. The summed E-state index contributed by atoms with van der Waals surface area (Å²) >= 11 is 0. The Hall–Kier alpha value is -12.0. The molecule has 0 saturated heterocycles. The fraction of sp³-hybridized carbons (Fsp3) is 0.0260. The molecule has 0 amide bonds. The van der Waals surface area contributed by atoms with Gasteiger partial charge in [0.05, 0.1) is 55.5 Å². The summed E-state index contributed by atoms with van der Waals surface area (Å²) in [6.07, 6.45) is 9.48. The molecule has 0 unspecified atom stereocenters. The zero-order valence-corrected chi connectivity index (χ0v) is 47.8. The third kappa shape index (κ3) is 8.24. The van der Waals surface area contributed by atoms with Gasteiger partial charge >= 0.3 is 0 Å². The molecule has 0 saturated carbocycles. The van der Waals surface area contributed by atoms with Crippen LogP contribution in [0.15, 0.2) is 301 Å². The van der Waals surface area contributed by atoms with Crippen molar-refractivity contribution >= 4 is 105 Å². The van der Waals surface area contributed by atoms with Crippen molar-refractivity contribution in [2.75, 3.05) is 0 Å². The van der Waals surface area contributed by atoms with Crippen molar-refractivity contribution in [3.63, 3.8) is 0 Å². The summed E-state index contributed by atoms with van der Waals surface area (Å²) in [4.78, 5) is 26.4. The van der Waals surface area contributed by atoms with Gasteiger partial charge in [0.2, 0.25) is 11.9 Å². The Bertz CT molecular complexity index is 5470. The molecule has 10 aromatic carbocycles. The topological polar surface area (TPSA) is 135 Å². The molecule has 11 nitrogen and oxygen atoms in total. The minimum atomic E-state index is 0.216. The first-order valence-electron chi connectivity index (χ1n) is 29.5. The summed E-state index contributed by atoms with van der Waals surface area (Å²) in [6.45, 7) is 8.90. The minimum absolute atomic E-state index is 0.216. The van der Waals surface area contributed by atoms with Gasteiger partial charge in [-0.05, 0) is 66.5 Å². The molecule has 0 radical (unpaired) electrons. The van der Waals surface area contributed by atoms with Crippen molar-refractivity contribution in [3.8, 4) is 40.1 Å². The monoisotopic (exact) mass is 1130 g/mol. The highest BCUT2D eigenvalue weighted by Crippen LogP contribution is 2.48. The van der Waals surface area contributed by atoms with E-state index < -0.39 is 0 Å². The third-order valence-corrected chi connectivity index (χ3v) is 17.0. The highest BCUT2D eigenvalue weighted by atomic mass is 15.2. The Morgan fingerprint density at radius 2 is 0.875 bits per heavy atom. The molecule has 1 aliphatic carbocycles. The van der Waals surface area contributed by atoms with E-state index in [1.165, 1.54) is 0 Å². The van der Waals surface area contributed by atoms with E-state index in [1.54, 1.807) is 6.08 Å². The largest absolute Gasteiger partial charge is 0.383 e. The van der Waals surface area contributed by atoms with Gasteiger partial charge in [-0.15, -0.1) is 0 Å². The zero-order chi connectivity index (χ0) is 59.0. The second-order valence-corrected chi connectivity index (χ2v) is 22.0. The molecule has 0 aliphatic heterocycles. The van der Waals surface area contributed by atoms with Crippen LogP contribution in [0.2, 0.25) is 0 Å². The van der Waals surface area contributed by atoms with E-state index in [0.29, 0.717) is 40.4 Å². The predicted octanol–water partition coefficient (Wildman–Crippen LogP) is 17.5. The van der Waals surface area contributed by atoms with Gasteiger partial charge in [0.25, 0.3) is 0 Å². The summed E-state index contributed by atoms with van der Waals surface area (Å²) in [6, 6.07) is 82.1. The van der Waals surface area contributed by atoms with Gasteiger partial charge < -0.3 is 20.6 Å².